The third-order valence-electron chi connectivity index (χ3n) is 4.58. The summed E-state index contributed by atoms with van der Waals surface area (Å²) in [4.78, 5) is 9.13. The van der Waals surface area contributed by atoms with Crippen molar-refractivity contribution < 1.29 is 0 Å². The van der Waals surface area contributed by atoms with E-state index in [9.17, 15) is 0 Å². The molecule has 0 radical (unpaired) electrons. The largest absolute Gasteiger partial charge is 0.332 e. The lowest BCUT2D eigenvalue weighted by Crippen LogP contribution is -2.13. The number of aryl methyl sites for hydroxylation is 1. The van der Waals surface area contributed by atoms with Crippen LogP contribution in [0.1, 0.15) is 49.2 Å². The minimum absolute atomic E-state index is 0.218. The van der Waals surface area contributed by atoms with Crippen molar-refractivity contribution in [2.24, 2.45) is 0 Å². The van der Waals surface area contributed by atoms with Crippen LogP contribution in [-0.4, -0.2) is 24.3 Å². The molecular formula is C18H19Cl2N5. The molecule has 25 heavy (non-hydrogen) atoms. The van der Waals surface area contributed by atoms with Gasteiger partial charge >= 0.3 is 0 Å². The van der Waals surface area contributed by atoms with Gasteiger partial charge in [0, 0.05) is 35.8 Å². The first-order valence-electron chi connectivity index (χ1n) is 8.43. The Balaban J connectivity index is 1.73. The minimum Gasteiger partial charge on any atom is -0.332 e. The zero-order valence-corrected chi connectivity index (χ0v) is 15.7. The molecule has 1 aliphatic carbocycles. The van der Waals surface area contributed by atoms with Crippen molar-refractivity contribution >= 4 is 23.2 Å². The molecule has 3 aromatic rings. The van der Waals surface area contributed by atoms with E-state index in [1.54, 1.807) is 12.1 Å². The summed E-state index contributed by atoms with van der Waals surface area (Å²) >= 11 is 12.6. The zero-order valence-electron chi connectivity index (χ0n) is 14.2. The van der Waals surface area contributed by atoms with E-state index in [4.69, 9.17) is 33.3 Å². The maximum Gasteiger partial charge on any atom is 0.154 e. The summed E-state index contributed by atoms with van der Waals surface area (Å²) in [6.07, 6.45) is 6.86. The molecular weight excluding hydrogens is 357 g/mol. The fourth-order valence-corrected chi connectivity index (χ4v) is 3.43. The maximum atomic E-state index is 6.41. The van der Waals surface area contributed by atoms with Gasteiger partial charge in [-0.1, -0.05) is 23.2 Å². The molecule has 0 saturated heterocycles. The van der Waals surface area contributed by atoms with E-state index in [0.29, 0.717) is 16.0 Å². The van der Waals surface area contributed by atoms with Crippen LogP contribution in [-0.2, 0) is 6.42 Å². The van der Waals surface area contributed by atoms with Crippen molar-refractivity contribution in [3.05, 3.63) is 58.1 Å². The first kappa shape index (κ1) is 16.6. The normalized spacial score (nSPS) is 15.5. The van der Waals surface area contributed by atoms with Crippen LogP contribution in [0.2, 0.25) is 10.0 Å². The number of nitrogens with zero attached hydrogens (tertiary/aromatic N) is 5. The van der Waals surface area contributed by atoms with Gasteiger partial charge in [-0.3, -0.25) is 0 Å². The zero-order chi connectivity index (χ0) is 17.6. The van der Waals surface area contributed by atoms with Crippen LogP contribution in [0.4, 0.5) is 0 Å². The van der Waals surface area contributed by atoms with E-state index in [0.717, 1.165) is 42.4 Å². The summed E-state index contributed by atoms with van der Waals surface area (Å²) in [6, 6.07) is 5.63. The van der Waals surface area contributed by atoms with Gasteiger partial charge in [-0.2, -0.15) is 5.10 Å². The van der Waals surface area contributed by atoms with Crippen LogP contribution < -0.4 is 0 Å². The number of hydrogen-bond donors (Lipinski definition) is 0. The van der Waals surface area contributed by atoms with Crippen molar-refractivity contribution in [2.45, 2.75) is 45.1 Å². The molecule has 0 amide bonds. The van der Waals surface area contributed by atoms with Gasteiger partial charge in [0.25, 0.3) is 0 Å². The van der Waals surface area contributed by atoms with Crippen molar-refractivity contribution in [1.29, 1.82) is 0 Å². The average molecular weight is 376 g/mol. The Kier molecular flexibility index (Phi) is 4.29. The smallest absolute Gasteiger partial charge is 0.154 e. The summed E-state index contributed by atoms with van der Waals surface area (Å²) in [6.45, 7) is 4.16. The predicted octanol–water partition coefficient (Wildman–Crippen LogP) is 4.76. The molecule has 7 heteroatoms. The monoisotopic (exact) mass is 375 g/mol. The van der Waals surface area contributed by atoms with Crippen molar-refractivity contribution in [3.63, 3.8) is 0 Å². The lowest BCUT2D eigenvalue weighted by Gasteiger charge is -2.15. The number of hydrogen-bond acceptors (Lipinski definition) is 3. The number of rotatable bonds is 5. The number of aromatic nitrogens is 5. The Morgan fingerprint density at radius 1 is 1.28 bits per heavy atom. The van der Waals surface area contributed by atoms with E-state index >= 15 is 0 Å². The predicted molar refractivity (Wildman–Crippen MR) is 98.7 cm³/mol. The van der Waals surface area contributed by atoms with Gasteiger partial charge < -0.3 is 4.57 Å². The second-order valence-electron chi connectivity index (χ2n) is 6.60. The molecule has 1 fully saturated rings. The van der Waals surface area contributed by atoms with Gasteiger partial charge in [-0.25, -0.2) is 14.6 Å². The Morgan fingerprint density at radius 3 is 2.76 bits per heavy atom. The first-order valence-corrected chi connectivity index (χ1v) is 9.19. The SMILES string of the molecule is Cc1nccn1[C@@H](C)Cc1nc(C2CC2)nn1-c1cc(Cl)ccc1Cl. The van der Waals surface area contributed by atoms with Crippen molar-refractivity contribution in [2.75, 3.05) is 0 Å². The molecule has 1 saturated carbocycles. The molecule has 0 spiro atoms. The third kappa shape index (κ3) is 3.31. The topological polar surface area (TPSA) is 48.5 Å². The molecule has 130 valence electrons. The van der Waals surface area contributed by atoms with Crippen LogP contribution in [0.15, 0.2) is 30.6 Å². The quantitative estimate of drug-likeness (QED) is 0.645. The minimum atomic E-state index is 0.218. The van der Waals surface area contributed by atoms with Crippen molar-refractivity contribution in [1.82, 2.24) is 24.3 Å². The summed E-state index contributed by atoms with van der Waals surface area (Å²) in [7, 11) is 0. The van der Waals surface area contributed by atoms with Gasteiger partial charge in [-0.05, 0) is 44.9 Å². The van der Waals surface area contributed by atoms with Gasteiger partial charge in [0.05, 0.1) is 10.7 Å². The molecule has 2 heterocycles. The Bertz CT molecular complexity index is 910. The van der Waals surface area contributed by atoms with Crippen LogP contribution in [0.25, 0.3) is 5.69 Å². The van der Waals surface area contributed by atoms with Gasteiger partial charge in [0.15, 0.2) is 5.82 Å². The summed E-state index contributed by atoms with van der Waals surface area (Å²) in [5.74, 6) is 3.26. The molecule has 0 aliphatic heterocycles. The van der Waals surface area contributed by atoms with Gasteiger partial charge in [-0.15, -0.1) is 0 Å². The van der Waals surface area contributed by atoms with Gasteiger partial charge in [0.1, 0.15) is 11.6 Å². The summed E-state index contributed by atoms with van der Waals surface area (Å²) < 4.78 is 4.00. The van der Waals surface area contributed by atoms with E-state index in [2.05, 4.69) is 16.5 Å². The van der Waals surface area contributed by atoms with Crippen molar-refractivity contribution in [3.8, 4) is 5.69 Å². The highest BCUT2D eigenvalue weighted by molar-refractivity contribution is 6.34. The Labute approximate surface area is 156 Å². The van der Waals surface area contributed by atoms with E-state index < -0.39 is 0 Å². The fraction of sp³-hybridized carbons (Fsp3) is 0.389. The fourth-order valence-electron chi connectivity index (χ4n) is 3.07. The van der Waals surface area contributed by atoms with Crippen LogP contribution in [0, 0.1) is 6.92 Å². The number of halogens is 2. The van der Waals surface area contributed by atoms with E-state index in [1.807, 2.05) is 30.1 Å². The standard InChI is InChI=1S/C18H19Cl2N5/c1-11(24-8-7-21-12(24)2)9-17-22-18(13-3-4-13)23-25(17)16-10-14(19)5-6-15(16)20/h5-8,10-11,13H,3-4,9H2,1-2H3/t11-/m0/s1. The van der Waals surface area contributed by atoms with Crippen LogP contribution in [0.5, 0.6) is 0 Å². The highest BCUT2D eigenvalue weighted by Gasteiger charge is 2.30. The molecule has 1 aromatic carbocycles. The molecule has 4 rings (SSSR count). The first-order chi connectivity index (χ1) is 12.0. The molecule has 2 aromatic heterocycles. The second-order valence-corrected chi connectivity index (χ2v) is 7.45. The molecule has 0 N–H and O–H groups in total. The third-order valence-corrected chi connectivity index (χ3v) is 5.14. The molecule has 5 nitrogen and oxygen atoms in total. The van der Waals surface area contributed by atoms with E-state index in [1.165, 1.54) is 0 Å². The molecule has 0 unspecified atom stereocenters. The lowest BCUT2D eigenvalue weighted by atomic mass is 10.2. The highest BCUT2D eigenvalue weighted by atomic mass is 35.5. The maximum absolute atomic E-state index is 6.41. The second kappa shape index (κ2) is 6.46. The number of benzene rings is 1. The Morgan fingerprint density at radius 2 is 2.08 bits per heavy atom. The van der Waals surface area contributed by atoms with E-state index in [-0.39, 0.29) is 6.04 Å². The summed E-state index contributed by atoms with van der Waals surface area (Å²) in [5.41, 5.74) is 0.776. The van der Waals surface area contributed by atoms with Crippen LogP contribution in [0.3, 0.4) is 0 Å². The van der Waals surface area contributed by atoms with Gasteiger partial charge in [0.2, 0.25) is 0 Å². The molecule has 0 bridgehead atoms. The van der Waals surface area contributed by atoms with Crippen LogP contribution >= 0.6 is 23.2 Å². The average Bonchev–Trinajstić information content (AvgIpc) is 3.21. The Hall–Kier alpha value is -1.85. The molecule has 1 aliphatic rings. The molecule has 1 atom stereocenters. The summed E-state index contributed by atoms with van der Waals surface area (Å²) in [5, 5.41) is 5.99. The lowest BCUT2D eigenvalue weighted by molar-refractivity contribution is 0.512. The highest BCUT2D eigenvalue weighted by Crippen LogP contribution is 2.39. The number of imidazole rings is 1.